The maximum absolute atomic E-state index is 12.9. The van der Waals surface area contributed by atoms with E-state index in [1.807, 2.05) is 17.5 Å². The van der Waals surface area contributed by atoms with Crippen LogP contribution in [0.15, 0.2) is 53.9 Å². The van der Waals surface area contributed by atoms with Crippen LogP contribution in [0.5, 0.6) is 0 Å². The number of thiazole rings is 1. The number of benzene rings is 2. The van der Waals surface area contributed by atoms with Gasteiger partial charge in [0, 0.05) is 23.2 Å². The molecule has 130 valence electrons. The topological polar surface area (TPSA) is 71.1 Å². The van der Waals surface area contributed by atoms with Crippen LogP contribution >= 0.6 is 11.3 Å². The van der Waals surface area contributed by atoms with E-state index in [4.69, 9.17) is 0 Å². The van der Waals surface area contributed by atoms with Crippen LogP contribution in [0.2, 0.25) is 0 Å². The van der Waals surface area contributed by atoms with Crippen LogP contribution in [0.25, 0.3) is 11.3 Å². The van der Waals surface area contributed by atoms with Crippen LogP contribution in [0.3, 0.4) is 0 Å². The molecule has 2 N–H and O–H groups in total. The van der Waals surface area contributed by atoms with Gasteiger partial charge < -0.3 is 5.32 Å². The third-order valence-electron chi connectivity index (χ3n) is 3.35. The van der Waals surface area contributed by atoms with Crippen LogP contribution in [0, 0.1) is 5.82 Å². The Kier molecular flexibility index (Phi) is 5.00. The summed E-state index contributed by atoms with van der Waals surface area (Å²) in [6.45, 7) is 0.560. The molecule has 1 heterocycles. The molecule has 0 saturated carbocycles. The summed E-state index contributed by atoms with van der Waals surface area (Å²) in [7, 11) is -3.28. The fraction of sp³-hybridized carbons (Fsp3) is 0.118. The summed E-state index contributed by atoms with van der Waals surface area (Å²) in [6, 6.07) is 13.3. The first-order valence-corrected chi connectivity index (χ1v) is 10.2. The van der Waals surface area contributed by atoms with E-state index < -0.39 is 10.0 Å². The number of nitrogens with zero attached hydrogens (tertiary/aromatic N) is 1. The fourth-order valence-corrected chi connectivity index (χ4v) is 3.47. The lowest BCUT2D eigenvalue weighted by atomic mass is 10.1. The zero-order valence-corrected chi connectivity index (χ0v) is 15.0. The molecule has 0 aliphatic heterocycles. The number of anilines is 2. The fourth-order valence-electron chi connectivity index (χ4n) is 2.19. The van der Waals surface area contributed by atoms with E-state index >= 15 is 0 Å². The largest absolute Gasteiger partial charge is 0.357 e. The molecule has 0 spiro atoms. The quantitative estimate of drug-likeness (QED) is 0.683. The molecule has 2 aromatic carbocycles. The molecule has 0 radical (unpaired) electrons. The summed E-state index contributed by atoms with van der Waals surface area (Å²) in [5.74, 6) is -0.255. The normalized spacial score (nSPS) is 11.3. The van der Waals surface area contributed by atoms with Crippen LogP contribution in [0.4, 0.5) is 15.2 Å². The van der Waals surface area contributed by atoms with Crippen LogP contribution < -0.4 is 10.0 Å². The molecule has 25 heavy (non-hydrogen) atoms. The van der Waals surface area contributed by atoms with Gasteiger partial charge in [-0.05, 0) is 29.8 Å². The Hall–Kier alpha value is -2.45. The second-order valence-corrected chi connectivity index (χ2v) is 8.08. The number of halogens is 1. The Labute approximate surface area is 149 Å². The van der Waals surface area contributed by atoms with Crippen molar-refractivity contribution in [1.29, 1.82) is 0 Å². The first-order chi connectivity index (χ1) is 11.9. The molecule has 0 atom stereocenters. The Morgan fingerprint density at radius 3 is 2.40 bits per heavy atom. The van der Waals surface area contributed by atoms with Gasteiger partial charge in [-0.2, -0.15) is 0 Å². The molecular weight excluding hydrogens is 361 g/mol. The molecule has 3 aromatic rings. The van der Waals surface area contributed by atoms with Crippen molar-refractivity contribution in [2.45, 2.75) is 6.54 Å². The molecule has 0 aliphatic rings. The first-order valence-electron chi connectivity index (χ1n) is 7.41. The highest BCUT2D eigenvalue weighted by atomic mass is 32.2. The zero-order chi connectivity index (χ0) is 17.9. The average molecular weight is 377 g/mol. The molecule has 0 saturated heterocycles. The van der Waals surface area contributed by atoms with Gasteiger partial charge in [-0.25, -0.2) is 17.8 Å². The van der Waals surface area contributed by atoms with Crippen molar-refractivity contribution in [3.63, 3.8) is 0 Å². The van der Waals surface area contributed by atoms with Crippen molar-refractivity contribution in [2.75, 3.05) is 16.3 Å². The predicted octanol–water partition coefficient (Wildman–Crippen LogP) is 3.93. The molecule has 8 heteroatoms. The van der Waals surface area contributed by atoms with Crippen molar-refractivity contribution in [1.82, 2.24) is 4.98 Å². The number of hydrogen-bond donors (Lipinski definition) is 2. The van der Waals surface area contributed by atoms with Gasteiger partial charge in [-0.15, -0.1) is 11.3 Å². The summed E-state index contributed by atoms with van der Waals surface area (Å²) in [4.78, 5) is 4.51. The number of rotatable bonds is 6. The average Bonchev–Trinajstić information content (AvgIpc) is 3.02. The lowest BCUT2D eigenvalue weighted by Crippen LogP contribution is -2.09. The number of hydrogen-bond acceptors (Lipinski definition) is 5. The van der Waals surface area contributed by atoms with Crippen molar-refractivity contribution < 1.29 is 12.8 Å². The molecule has 3 rings (SSSR count). The first kappa shape index (κ1) is 17.4. The van der Waals surface area contributed by atoms with Gasteiger partial charge in [-0.3, -0.25) is 4.72 Å². The van der Waals surface area contributed by atoms with Gasteiger partial charge in [0.05, 0.1) is 11.9 Å². The van der Waals surface area contributed by atoms with E-state index in [9.17, 15) is 12.8 Å². The smallest absolute Gasteiger partial charge is 0.229 e. The highest BCUT2D eigenvalue weighted by molar-refractivity contribution is 7.92. The minimum Gasteiger partial charge on any atom is -0.357 e. The van der Waals surface area contributed by atoms with Gasteiger partial charge in [0.15, 0.2) is 5.13 Å². The molecular formula is C17H16FN3O2S2. The third kappa shape index (κ3) is 5.01. The second-order valence-electron chi connectivity index (χ2n) is 5.47. The summed E-state index contributed by atoms with van der Waals surface area (Å²) in [5, 5.41) is 5.89. The SMILES string of the molecule is CS(=O)(=O)Nc1ccc(-c2csc(NCc3ccc(F)cc3)n2)cc1. The van der Waals surface area contributed by atoms with Gasteiger partial charge in [0.1, 0.15) is 5.82 Å². The van der Waals surface area contributed by atoms with E-state index in [2.05, 4.69) is 15.0 Å². The molecule has 0 amide bonds. The summed E-state index contributed by atoms with van der Waals surface area (Å²) in [6.07, 6.45) is 1.11. The molecule has 0 fully saturated rings. The molecule has 5 nitrogen and oxygen atoms in total. The van der Waals surface area contributed by atoms with E-state index in [0.717, 1.165) is 28.2 Å². The molecule has 0 aliphatic carbocycles. The second kappa shape index (κ2) is 7.20. The van der Waals surface area contributed by atoms with Gasteiger partial charge >= 0.3 is 0 Å². The van der Waals surface area contributed by atoms with Gasteiger partial charge in [0.25, 0.3) is 0 Å². The third-order valence-corrected chi connectivity index (χ3v) is 4.75. The number of sulfonamides is 1. The van der Waals surface area contributed by atoms with E-state index in [1.165, 1.54) is 23.5 Å². The van der Waals surface area contributed by atoms with Gasteiger partial charge in [0.2, 0.25) is 10.0 Å². The molecule has 0 bridgehead atoms. The van der Waals surface area contributed by atoms with Crippen LogP contribution in [-0.4, -0.2) is 19.7 Å². The van der Waals surface area contributed by atoms with Crippen molar-refractivity contribution in [3.8, 4) is 11.3 Å². The van der Waals surface area contributed by atoms with Gasteiger partial charge in [-0.1, -0.05) is 24.3 Å². The number of aromatic nitrogens is 1. The maximum atomic E-state index is 12.9. The highest BCUT2D eigenvalue weighted by Gasteiger charge is 2.06. The molecule has 1 aromatic heterocycles. The minimum atomic E-state index is -3.28. The van der Waals surface area contributed by atoms with E-state index in [1.54, 1.807) is 24.3 Å². The van der Waals surface area contributed by atoms with Crippen molar-refractivity contribution in [2.24, 2.45) is 0 Å². The number of nitrogens with one attached hydrogen (secondary N) is 2. The monoisotopic (exact) mass is 377 g/mol. The zero-order valence-electron chi connectivity index (χ0n) is 13.4. The highest BCUT2D eigenvalue weighted by Crippen LogP contribution is 2.26. The Morgan fingerprint density at radius 1 is 1.08 bits per heavy atom. The lowest BCUT2D eigenvalue weighted by molar-refractivity contribution is 0.607. The lowest BCUT2D eigenvalue weighted by Gasteiger charge is -2.04. The Morgan fingerprint density at radius 2 is 1.76 bits per heavy atom. The predicted molar refractivity (Wildman–Crippen MR) is 99.7 cm³/mol. The summed E-state index contributed by atoms with van der Waals surface area (Å²) < 4.78 is 37.7. The van der Waals surface area contributed by atoms with Crippen LogP contribution in [0.1, 0.15) is 5.56 Å². The van der Waals surface area contributed by atoms with E-state index in [-0.39, 0.29) is 5.82 Å². The maximum Gasteiger partial charge on any atom is 0.229 e. The Bertz CT molecular complexity index is 952. The van der Waals surface area contributed by atoms with E-state index in [0.29, 0.717) is 12.2 Å². The van der Waals surface area contributed by atoms with Crippen molar-refractivity contribution >= 4 is 32.2 Å². The standard InChI is InChI=1S/C17H16FN3O2S2/c1-25(22,23)21-15-8-4-13(5-9-15)16-11-24-17(20-16)19-10-12-2-6-14(18)7-3-12/h2-9,11,21H,10H2,1H3,(H,19,20). The van der Waals surface area contributed by atoms with Crippen molar-refractivity contribution in [3.05, 3.63) is 65.3 Å². The summed E-state index contributed by atoms with van der Waals surface area (Å²) in [5.41, 5.74) is 3.17. The Balaban J connectivity index is 1.65. The molecule has 0 unspecified atom stereocenters. The summed E-state index contributed by atoms with van der Waals surface area (Å²) >= 11 is 1.47. The minimum absolute atomic E-state index is 0.255. The van der Waals surface area contributed by atoms with Crippen LogP contribution in [-0.2, 0) is 16.6 Å².